The summed E-state index contributed by atoms with van der Waals surface area (Å²) in [7, 11) is 0. The second kappa shape index (κ2) is 4.92. The molecule has 0 spiro atoms. The van der Waals surface area contributed by atoms with Gasteiger partial charge < -0.3 is 4.84 Å². The monoisotopic (exact) mass is 289 g/mol. The van der Waals surface area contributed by atoms with E-state index in [4.69, 9.17) is 16.4 Å². The second-order valence-electron chi connectivity index (χ2n) is 6.48. The zero-order valence-electron chi connectivity index (χ0n) is 12.2. The zero-order chi connectivity index (χ0) is 14.3. The Bertz CT molecular complexity index is 588. The lowest BCUT2D eigenvalue weighted by Crippen LogP contribution is -2.08. The van der Waals surface area contributed by atoms with Crippen LogP contribution < -0.4 is 0 Å². The van der Waals surface area contributed by atoms with Crippen LogP contribution in [0.1, 0.15) is 32.8 Å². The number of hydrogen-bond donors (Lipinski definition) is 0. The normalized spacial score (nSPS) is 28.8. The molecule has 0 radical (unpaired) electrons. The maximum Gasteiger partial charge on any atom is 0.143 e. The van der Waals surface area contributed by atoms with Crippen LogP contribution in [0.15, 0.2) is 41.1 Å². The van der Waals surface area contributed by atoms with Gasteiger partial charge in [-0.15, -0.1) is 0 Å². The molecule has 2 aliphatic carbocycles. The zero-order valence-corrected chi connectivity index (χ0v) is 12.9. The summed E-state index contributed by atoms with van der Waals surface area (Å²) in [6.07, 6.45) is 3.38. The van der Waals surface area contributed by atoms with E-state index in [1.54, 1.807) is 0 Å². The van der Waals surface area contributed by atoms with Gasteiger partial charge in [0.2, 0.25) is 0 Å². The Morgan fingerprint density at radius 1 is 1.35 bits per heavy atom. The van der Waals surface area contributed by atoms with E-state index in [-0.39, 0.29) is 0 Å². The van der Waals surface area contributed by atoms with E-state index < -0.39 is 0 Å². The Kier molecular flexibility index (Phi) is 3.37. The average Bonchev–Trinajstić information content (AvgIpc) is 2.94. The van der Waals surface area contributed by atoms with E-state index in [2.05, 4.69) is 32.0 Å². The van der Waals surface area contributed by atoms with Gasteiger partial charge in [0.25, 0.3) is 0 Å². The standard InChI is InChI=1S/C17H20ClNO/c1-11-8-13-16(17(13,2)3)15(9-11)19-20-10-12-6-4-5-7-14(12)18/h4-7,9,13,16H,8,10H2,1-3H3/b19-15-. The highest BCUT2D eigenvalue weighted by molar-refractivity contribution is 6.31. The van der Waals surface area contributed by atoms with Crippen molar-refractivity contribution in [1.82, 2.24) is 0 Å². The van der Waals surface area contributed by atoms with Crippen LogP contribution in [0.3, 0.4) is 0 Å². The molecule has 0 saturated heterocycles. The van der Waals surface area contributed by atoms with Gasteiger partial charge in [-0.25, -0.2) is 0 Å². The molecule has 0 N–H and O–H groups in total. The van der Waals surface area contributed by atoms with Gasteiger partial charge >= 0.3 is 0 Å². The Balaban J connectivity index is 1.70. The minimum absolute atomic E-state index is 0.362. The summed E-state index contributed by atoms with van der Waals surface area (Å²) in [6.45, 7) is 7.23. The topological polar surface area (TPSA) is 21.6 Å². The molecule has 106 valence electrons. The van der Waals surface area contributed by atoms with Crippen LogP contribution in [-0.2, 0) is 11.4 Å². The van der Waals surface area contributed by atoms with E-state index in [0.717, 1.165) is 22.2 Å². The lowest BCUT2D eigenvalue weighted by molar-refractivity contribution is 0.129. The molecule has 0 amide bonds. The van der Waals surface area contributed by atoms with Gasteiger partial charge in [0.15, 0.2) is 0 Å². The van der Waals surface area contributed by atoms with E-state index in [1.165, 1.54) is 12.0 Å². The average molecular weight is 290 g/mol. The first kappa shape index (κ1) is 13.7. The first-order valence-corrected chi connectivity index (χ1v) is 7.48. The molecule has 3 rings (SSSR count). The molecule has 3 heteroatoms. The molecule has 0 aromatic heterocycles. The number of rotatable bonds is 3. The fraction of sp³-hybridized carbons (Fsp3) is 0.471. The van der Waals surface area contributed by atoms with Crippen molar-refractivity contribution in [2.24, 2.45) is 22.4 Å². The van der Waals surface area contributed by atoms with Gasteiger partial charge in [0, 0.05) is 16.5 Å². The maximum atomic E-state index is 6.11. The SMILES string of the molecule is CC1=C/C(=N/OCc2ccccc2Cl)C2C(C1)C2(C)C. The third-order valence-corrected chi connectivity index (χ3v) is 5.02. The molecule has 1 saturated carbocycles. The van der Waals surface area contributed by atoms with Gasteiger partial charge in [-0.2, -0.15) is 0 Å². The molecule has 0 bridgehead atoms. The molecular formula is C17H20ClNO. The Morgan fingerprint density at radius 3 is 2.85 bits per heavy atom. The molecule has 20 heavy (non-hydrogen) atoms. The fourth-order valence-corrected chi connectivity index (χ4v) is 3.53. The van der Waals surface area contributed by atoms with Gasteiger partial charge in [-0.05, 0) is 36.8 Å². The van der Waals surface area contributed by atoms with Crippen molar-refractivity contribution in [3.05, 3.63) is 46.5 Å². The summed E-state index contributed by atoms with van der Waals surface area (Å²) in [5, 5.41) is 5.10. The van der Waals surface area contributed by atoms with Gasteiger partial charge in [-0.3, -0.25) is 0 Å². The van der Waals surface area contributed by atoms with Crippen molar-refractivity contribution in [3.63, 3.8) is 0 Å². The number of halogens is 1. The van der Waals surface area contributed by atoms with Crippen molar-refractivity contribution in [2.45, 2.75) is 33.8 Å². The van der Waals surface area contributed by atoms with Crippen LogP contribution in [0.5, 0.6) is 0 Å². The molecule has 2 atom stereocenters. The highest BCUT2D eigenvalue weighted by Gasteiger charge is 2.60. The lowest BCUT2D eigenvalue weighted by atomic mass is 10.00. The van der Waals surface area contributed by atoms with Crippen molar-refractivity contribution < 1.29 is 4.84 Å². The van der Waals surface area contributed by atoms with E-state index in [0.29, 0.717) is 17.9 Å². The van der Waals surface area contributed by atoms with Gasteiger partial charge in [-0.1, -0.05) is 54.4 Å². The molecule has 1 aromatic rings. The Morgan fingerprint density at radius 2 is 2.10 bits per heavy atom. The summed E-state index contributed by atoms with van der Waals surface area (Å²) in [4.78, 5) is 5.54. The Labute approximate surface area is 125 Å². The number of oxime groups is 1. The van der Waals surface area contributed by atoms with Crippen molar-refractivity contribution >= 4 is 17.3 Å². The van der Waals surface area contributed by atoms with E-state index >= 15 is 0 Å². The number of hydrogen-bond acceptors (Lipinski definition) is 2. The number of benzene rings is 1. The van der Waals surface area contributed by atoms with Crippen LogP contribution in [0.4, 0.5) is 0 Å². The first-order chi connectivity index (χ1) is 9.50. The predicted octanol–water partition coefficient (Wildman–Crippen LogP) is 4.83. The highest BCUT2D eigenvalue weighted by Crippen LogP contribution is 2.63. The lowest BCUT2D eigenvalue weighted by Gasteiger charge is -2.10. The quantitative estimate of drug-likeness (QED) is 0.730. The van der Waals surface area contributed by atoms with Crippen LogP contribution in [0.2, 0.25) is 5.02 Å². The molecule has 1 fully saturated rings. The van der Waals surface area contributed by atoms with E-state index in [9.17, 15) is 0 Å². The summed E-state index contributed by atoms with van der Waals surface area (Å²) in [5.41, 5.74) is 3.83. The second-order valence-corrected chi connectivity index (χ2v) is 6.89. The molecule has 2 unspecified atom stereocenters. The third-order valence-electron chi connectivity index (χ3n) is 4.65. The molecule has 2 aliphatic rings. The molecular weight excluding hydrogens is 270 g/mol. The minimum atomic E-state index is 0.362. The maximum absolute atomic E-state index is 6.11. The van der Waals surface area contributed by atoms with Crippen molar-refractivity contribution in [3.8, 4) is 0 Å². The Hall–Kier alpha value is -1.28. The number of allylic oxidation sites excluding steroid dienone is 2. The largest absolute Gasteiger partial charge is 0.391 e. The third kappa shape index (κ3) is 2.37. The summed E-state index contributed by atoms with van der Waals surface area (Å²) >= 11 is 6.11. The van der Waals surface area contributed by atoms with Crippen LogP contribution in [-0.4, -0.2) is 5.71 Å². The molecule has 1 aromatic carbocycles. The van der Waals surface area contributed by atoms with E-state index in [1.807, 2.05) is 24.3 Å². The predicted molar refractivity (Wildman–Crippen MR) is 82.8 cm³/mol. The highest BCUT2D eigenvalue weighted by atomic mass is 35.5. The first-order valence-electron chi connectivity index (χ1n) is 7.10. The summed E-state index contributed by atoms with van der Waals surface area (Å²) in [5.74, 6) is 1.28. The summed E-state index contributed by atoms with van der Waals surface area (Å²) in [6, 6.07) is 7.72. The molecule has 0 heterocycles. The molecule has 2 nitrogen and oxygen atoms in total. The van der Waals surface area contributed by atoms with Crippen LogP contribution in [0, 0.1) is 17.3 Å². The van der Waals surface area contributed by atoms with Crippen LogP contribution in [0.25, 0.3) is 0 Å². The smallest absolute Gasteiger partial charge is 0.143 e. The van der Waals surface area contributed by atoms with Crippen LogP contribution >= 0.6 is 11.6 Å². The van der Waals surface area contributed by atoms with Crippen molar-refractivity contribution in [2.75, 3.05) is 0 Å². The van der Waals surface area contributed by atoms with Gasteiger partial charge in [0.05, 0.1) is 5.71 Å². The molecule has 0 aliphatic heterocycles. The fourth-order valence-electron chi connectivity index (χ4n) is 3.34. The van der Waals surface area contributed by atoms with Gasteiger partial charge in [0.1, 0.15) is 6.61 Å². The number of nitrogens with zero attached hydrogens (tertiary/aromatic N) is 1. The number of fused-ring (bicyclic) bond motifs is 1. The minimum Gasteiger partial charge on any atom is -0.391 e. The van der Waals surface area contributed by atoms with Crippen molar-refractivity contribution in [1.29, 1.82) is 0 Å². The summed E-state index contributed by atoms with van der Waals surface area (Å²) < 4.78 is 0.